The fourth-order valence-corrected chi connectivity index (χ4v) is 1.94. The van der Waals surface area contributed by atoms with Gasteiger partial charge in [0.15, 0.2) is 0 Å². The van der Waals surface area contributed by atoms with Crippen LogP contribution in [-0.2, 0) is 6.18 Å². The maximum Gasteiger partial charge on any atom is 0.416 e. The second-order valence-electron chi connectivity index (χ2n) is 4.11. The molecule has 0 aliphatic rings. The minimum atomic E-state index is -4.55. The number of para-hydroxylation sites is 1. The van der Waals surface area contributed by atoms with Crippen molar-refractivity contribution in [3.8, 4) is 5.75 Å². The van der Waals surface area contributed by atoms with Gasteiger partial charge in [0.1, 0.15) is 11.9 Å². The van der Waals surface area contributed by atoms with Crippen LogP contribution >= 0.6 is 0 Å². The number of nitrogens with zero attached hydrogens (tertiary/aromatic N) is 1. The number of ether oxygens (including phenoxy) is 1. The minimum absolute atomic E-state index is 0.258. The van der Waals surface area contributed by atoms with Gasteiger partial charge >= 0.3 is 6.18 Å². The fraction of sp³-hybridized carbons (Fsp3) is 0.214. The van der Waals surface area contributed by atoms with E-state index in [2.05, 4.69) is 4.98 Å². The maximum absolute atomic E-state index is 12.9. The van der Waals surface area contributed by atoms with Crippen molar-refractivity contribution in [1.29, 1.82) is 0 Å². The number of benzene rings is 1. The second-order valence-corrected chi connectivity index (χ2v) is 4.11. The molecule has 0 fully saturated rings. The summed E-state index contributed by atoms with van der Waals surface area (Å²) in [5.74, 6) is 0.317. The molecule has 106 valence electrons. The second kappa shape index (κ2) is 5.50. The third kappa shape index (κ3) is 2.75. The highest BCUT2D eigenvalue weighted by molar-refractivity contribution is 5.42. The Kier molecular flexibility index (Phi) is 3.94. The highest BCUT2D eigenvalue weighted by Crippen LogP contribution is 2.37. The summed E-state index contributed by atoms with van der Waals surface area (Å²) in [4.78, 5) is 3.66. The smallest absolute Gasteiger partial charge is 0.416 e. The standard InChI is InChI=1S/C14H12F3NO2/c1-20-12-5-3-2-4-9(12)13(19)10-8-18-7-6-11(10)14(15,16)17/h2-8,13,19H,1H3. The van der Waals surface area contributed by atoms with Gasteiger partial charge < -0.3 is 9.84 Å². The number of pyridine rings is 1. The van der Waals surface area contributed by atoms with Crippen LogP contribution in [0.4, 0.5) is 13.2 Å². The summed E-state index contributed by atoms with van der Waals surface area (Å²) >= 11 is 0. The first-order chi connectivity index (χ1) is 9.45. The summed E-state index contributed by atoms with van der Waals surface area (Å²) in [6.07, 6.45) is -3.96. The number of alkyl halides is 3. The molecule has 1 aromatic carbocycles. The van der Waals surface area contributed by atoms with Crippen LogP contribution in [0.5, 0.6) is 5.75 Å². The molecule has 20 heavy (non-hydrogen) atoms. The quantitative estimate of drug-likeness (QED) is 0.940. The summed E-state index contributed by atoms with van der Waals surface area (Å²) in [7, 11) is 1.39. The lowest BCUT2D eigenvalue weighted by Crippen LogP contribution is -2.13. The van der Waals surface area contributed by atoms with Crippen molar-refractivity contribution in [2.45, 2.75) is 12.3 Å². The molecule has 1 heterocycles. The van der Waals surface area contributed by atoms with Gasteiger partial charge in [0.2, 0.25) is 0 Å². The normalized spacial score (nSPS) is 13.1. The first-order valence-corrected chi connectivity index (χ1v) is 5.77. The molecule has 3 nitrogen and oxygen atoms in total. The molecule has 6 heteroatoms. The van der Waals surface area contributed by atoms with E-state index in [0.29, 0.717) is 5.75 Å². The van der Waals surface area contributed by atoms with Gasteiger partial charge in [-0.25, -0.2) is 0 Å². The van der Waals surface area contributed by atoms with Gasteiger partial charge in [0, 0.05) is 23.5 Å². The lowest BCUT2D eigenvalue weighted by atomic mass is 9.98. The number of rotatable bonds is 3. The van der Waals surface area contributed by atoms with E-state index < -0.39 is 17.8 Å². The van der Waals surface area contributed by atoms with E-state index in [-0.39, 0.29) is 11.1 Å². The summed E-state index contributed by atoms with van der Waals surface area (Å²) < 4.78 is 43.9. The molecule has 0 bridgehead atoms. The van der Waals surface area contributed by atoms with Gasteiger partial charge in [0.25, 0.3) is 0 Å². The molecule has 0 spiro atoms. The number of aromatic nitrogens is 1. The molecule has 0 aliphatic carbocycles. The first kappa shape index (κ1) is 14.3. The van der Waals surface area contributed by atoms with Crippen LogP contribution in [0.25, 0.3) is 0 Å². The highest BCUT2D eigenvalue weighted by Gasteiger charge is 2.35. The third-order valence-electron chi connectivity index (χ3n) is 2.89. The van der Waals surface area contributed by atoms with E-state index in [0.717, 1.165) is 18.5 Å². The van der Waals surface area contributed by atoms with E-state index in [1.807, 2.05) is 0 Å². The average Bonchev–Trinajstić information content (AvgIpc) is 2.45. The Morgan fingerprint density at radius 1 is 1.15 bits per heavy atom. The van der Waals surface area contributed by atoms with Crippen LogP contribution in [0.2, 0.25) is 0 Å². The van der Waals surface area contributed by atoms with Crippen LogP contribution in [0.3, 0.4) is 0 Å². The minimum Gasteiger partial charge on any atom is -0.496 e. The van der Waals surface area contributed by atoms with Crippen LogP contribution in [0.15, 0.2) is 42.7 Å². The Bertz CT molecular complexity index is 599. The first-order valence-electron chi connectivity index (χ1n) is 5.77. The Morgan fingerprint density at radius 3 is 2.50 bits per heavy atom. The van der Waals surface area contributed by atoms with Crippen molar-refractivity contribution in [2.24, 2.45) is 0 Å². The largest absolute Gasteiger partial charge is 0.496 e. The Labute approximate surface area is 113 Å². The molecule has 1 aromatic heterocycles. The molecule has 0 radical (unpaired) electrons. The number of methoxy groups -OCH3 is 1. The van der Waals surface area contributed by atoms with E-state index in [9.17, 15) is 18.3 Å². The van der Waals surface area contributed by atoms with Gasteiger partial charge in [-0.3, -0.25) is 4.98 Å². The molecule has 0 aliphatic heterocycles. The molecular formula is C14H12F3NO2. The van der Waals surface area contributed by atoms with E-state index in [4.69, 9.17) is 4.74 Å². The fourth-order valence-electron chi connectivity index (χ4n) is 1.94. The van der Waals surface area contributed by atoms with Crippen molar-refractivity contribution in [3.05, 3.63) is 59.4 Å². The van der Waals surface area contributed by atoms with Gasteiger partial charge in [-0.2, -0.15) is 13.2 Å². The van der Waals surface area contributed by atoms with Crippen LogP contribution < -0.4 is 4.74 Å². The zero-order valence-corrected chi connectivity index (χ0v) is 10.6. The van der Waals surface area contributed by atoms with Gasteiger partial charge in [0.05, 0.1) is 12.7 Å². The lowest BCUT2D eigenvalue weighted by Gasteiger charge is -2.18. The number of hydrogen-bond acceptors (Lipinski definition) is 3. The summed E-state index contributed by atoms with van der Waals surface area (Å²) in [5.41, 5.74) is -0.955. The molecular weight excluding hydrogens is 271 g/mol. The van der Waals surface area contributed by atoms with E-state index in [1.165, 1.54) is 13.2 Å². The summed E-state index contributed by atoms with van der Waals surface area (Å²) in [5, 5.41) is 10.2. The number of hydrogen-bond donors (Lipinski definition) is 1. The van der Waals surface area contributed by atoms with E-state index >= 15 is 0 Å². The highest BCUT2D eigenvalue weighted by atomic mass is 19.4. The predicted molar refractivity (Wildman–Crippen MR) is 66.3 cm³/mol. The molecule has 1 atom stereocenters. The van der Waals surface area contributed by atoms with Crippen LogP contribution in [0.1, 0.15) is 22.8 Å². The van der Waals surface area contributed by atoms with Crippen LogP contribution in [-0.4, -0.2) is 17.2 Å². The number of halogens is 3. The SMILES string of the molecule is COc1ccccc1C(O)c1cnccc1C(F)(F)F. The van der Waals surface area contributed by atoms with Crippen molar-refractivity contribution < 1.29 is 23.0 Å². The molecule has 0 saturated carbocycles. The van der Waals surface area contributed by atoms with E-state index in [1.54, 1.807) is 18.2 Å². The Morgan fingerprint density at radius 2 is 1.85 bits per heavy atom. The van der Waals surface area contributed by atoms with Crippen molar-refractivity contribution in [2.75, 3.05) is 7.11 Å². The van der Waals surface area contributed by atoms with Crippen LogP contribution in [0, 0.1) is 0 Å². The van der Waals surface area contributed by atoms with Gasteiger partial charge in [-0.05, 0) is 12.1 Å². The zero-order chi connectivity index (χ0) is 14.8. The molecule has 1 N–H and O–H groups in total. The molecule has 2 aromatic rings. The number of aliphatic hydroxyl groups is 1. The molecule has 0 saturated heterocycles. The van der Waals surface area contributed by atoms with Crippen molar-refractivity contribution in [1.82, 2.24) is 4.98 Å². The van der Waals surface area contributed by atoms with Crippen molar-refractivity contribution in [3.63, 3.8) is 0 Å². The average molecular weight is 283 g/mol. The Hall–Kier alpha value is -2.08. The van der Waals surface area contributed by atoms with Gasteiger partial charge in [-0.1, -0.05) is 18.2 Å². The Balaban J connectivity index is 2.52. The lowest BCUT2D eigenvalue weighted by molar-refractivity contribution is -0.139. The van der Waals surface area contributed by atoms with Gasteiger partial charge in [-0.15, -0.1) is 0 Å². The summed E-state index contributed by atoms with van der Waals surface area (Å²) in [6.45, 7) is 0. The maximum atomic E-state index is 12.9. The van der Waals surface area contributed by atoms with Crippen molar-refractivity contribution >= 4 is 0 Å². The number of aliphatic hydroxyl groups excluding tert-OH is 1. The predicted octanol–water partition coefficient (Wildman–Crippen LogP) is 3.19. The summed E-state index contributed by atoms with van der Waals surface area (Å²) in [6, 6.07) is 7.21. The molecule has 1 unspecified atom stereocenters. The third-order valence-corrected chi connectivity index (χ3v) is 2.89. The molecule has 0 amide bonds. The zero-order valence-electron chi connectivity index (χ0n) is 10.6. The monoisotopic (exact) mass is 283 g/mol. The molecule has 2 rings (SSSR count). The topological polar surface area (TPSA) is 42.4 Å².